The number of carbonyl (C=O) groups excluding carboxylic acids is 2. The SMILES string of the molecule is CCc1ccccc1N(C(=O)Cn1nnc2ccccc21)C(C(=O)NC(C)(C)C)c1cc(OC)ccc1OC. The normalized spacial score (nSPS) is 12.2. The lowest BCUT2D eigenvalue weighted by Gasteiger charge is -2.35. The molecule has 4 aromatic rings. The second-order valence-electron chi connectivity index (χ2n) is 10.2. The Labute approximate surface area is 228 Å². The van der Waals surface area contributed by atoms with Crippen LogP contribution in [0, 0.1) is 0 Å². The van der Waals surface area contributed by atoms with Gasteiger partial charge in [-0.05, 0) is 69.2 Å². The van der Waals surface area contributed by atoms with Gasteiger partial charge in [0.25, 0.3) is 0 Å². The fourth-order valence-electron chi connectivity index (χ4n) is 4.59. The minimum Gasteiger partial charge on any atom is -0.497 e. The van der Waals surface area contributed by atoms with E-state index < -0.39 is 11.6 Å². The maximum atomic E-state index is 14.3. The highest BCUT2D eigenvalue weighted by Crippen LogP contribution is 2.37. The van der Waals surface area contributed by atoms with E-state index in [0.29, 0.717) is 34.7 Å². The standard InChI is InChI=1S/C30H35N5O4/c1-7-20-12-8-10-14-24(20)35(27(36)19-34-25-15-11-9-13-23(25)32-33-34)28(29(37)31-30(2,3)4)22-18-21(38-5)16-17-26(22)39-6/h8-18,28H,7,19H2,1-6H3,(H,31,37). The second kappa shape index (κ2) is 11.6. The Morgan fingerprint density at radius 3 is 2.41 bits per heavy atom. The van der Waals surface area contributed by atoms with Gasteiger partial charge < -0.3 is 14.8 Å². The van der Waals surface area contributed by atoms with E-state index in [-0.39, 0.29) is 18.4 Å². The van der Waals surface area contributed by atoms with Gasteiger partial charge in [-0.15, -0.1) is 5.10 Å². The number of para-hydroxylation sites is 2. The Balaban J connectivity index is 1.93. The first-order valence-electron chi connectivity index (χ1n) is 12.9. The molecule has 1 heterocycles. The smallest absolute Gasteiger partial charge is 0.249 e. The van der Waals surface area contributed by atoms with Crippen molar-refractivity contribution in [2.75, 3.05) is 19.1 Å². The van der Waals surface area contributed by atoms with Crippen molar-refractivity contribution in [3.05, 3.63) is 77.9 Å². The highest BCUT2D eigenvalue weighted by atomic mass is 16.5. The van der Waals surface area contributed by atoms with E-state index in [1.165, 1.54) is 7.11 Å². The Morgan fingerprint density at radius 2 is 1.72 bits per heavy atom. The van der Waals surface area contributed by atoms with E-state index in [1.54, 1.807) is 34.9 Å². The molecule has 0 aliphatic rings. The van der Waals surface area contributed by atoms with Crippen LogP contribution in [-0.4, -0.2) is 46.6 Å². The zero-order chi connectivity index (χ0) is 28.2. The van der Waals surface area contributed by atoms with Crippen molar-refractivity contribution in [1.29, 1.82) is 0 Å². The average Bonchev–Trinajstić information content (AvgIpc) is 3.32. The van der Waals surface area contributed by atoms with Crippen LogP contribution in [-0.2, 0) is 22.6 Å². The Bertz CT molecular complexity index is 1470. The van der Waals surface area contributed by atoms with Crippen LogP contribution in [0.5, 0.6) is 11.5 Å². The van der Waals surface area contributed by atoms with Gasteiger partial charge in [0.2, 0.25) is 11.8 Å². The van der Waals surface area contributed by atoms with Crippen molar-refractivity contribution >= 4 is 28.5 Å². The number of amides is 2. The van der Waals surface area contributed by atoms with E-state index in [1.807, 2.05) is 76.2 Å². The molecule has 204 valence electrons. The minimum atomic E-state index is -1.07. The number of benzene rings is 3. The van der Waals surface area contributed by atoms with Crippen LogP contribution < -0.4 is 19.7 Å². The summed E-state index contributed by atoms with van der Waals surface area (Å²) in [4.78, 5) is 30.0. The van der Waals surface area contributed by atoms with Gasteiger partial charge in [-0.1, -0.05) is 42.5 Å². The first-order chi connectivity index (χ1) is 18.7. The molecule has 9 nitrogen and oxygen atoms in total. The van der Waals surface area contributed by atoms with Crippen LogP contribution in [0.1, 0.15) is 44.9 Å². The number of nitrogens with one attached hydrogen (secondary N) is 1. The highest BCUT2D eigenvalue weighted by Gasteiger charge is 2.37. The molecule has 0 aliphatic carbocycles. The third-order valence-corrected chi connectivity index (χ3v) is 6.34. The Morgan fingerprint density at radius 1 is 1.00 bits per heavy atom. The summed E-state index contributed by atoms with van der Waals surface area (Å²) in [5, 5.41) is 11.5. The minimum absolute atomic E-state index is 0.121. The number of rotatable bonds is 9. The third kappa shape index (κ3) is 6.03. The molecule has 0 saturated carbocycles. The molecule has 1 unspecified atom stereocenters. The fraction of sp³-hybridized carbons (Fsp3) is 0.333. The second-order valence-corrected chi connectivity index (χ2v) is 10.2. The lowest BCUT2D eigenvalue weighted by molar-refractivity contribution is -0.128. The molecule has 0 radical (unpaired) electrons. The van der Waals surface area contributed by atoms with Gasteiger partial charge in [-0.3, -0.25) is 14.5 Å². The van der Waals surface area contributed by atoms with Gasteiger partial charge in [0.1, 0.15) is 29.6 Å². The zero-order valence-electron chi connectivity index (χ0n) is 23.3. The Hall–Kier alpha value is -4.40. The van der Waals surface area contributed by atoms with E-state index in [2.05, 4.69) is 15.6 Å². The van der Waals surface area contributed by atoms with Gasteiger partial charge in [0, 0.05) is 16.8 Å². The van der Waals surface area contributed by atoms with Gasteiger partial charge in [0.05, 0.1) is 19.7 Å². The molecule has 0 spiro atoms. The molecule has 1 aromatic heterocycles. The van der Waals surface area contributed by atoms with Gasteiger partial charge in [-0.2, -0.15) is 0 Å². The molecule has 3 aromatic carbocycles. The molecule has 0 bridgehead atoms. The number of fused-ring (bicyclic) bond motifs is 1. The maximum absolute atomic E-state index is 14.3. The van der Waals surface area contributed by atoms with Crippen molar-refractivity contribution < 1.29 is 19.1 Å². The summed E-state index contributed by atoms with van der Waals surface area (Å²) in [5.41, 5.74) is 2.91. The van der Waals surface area contributed by atoms with Crippen molar-refractivity contribution in [3.63, 3.8) is 0 Å². The number of hydrogen-bond acceptors (Lipinski definition) is 6. The number of aromatic nitrogens is 3. The molecule has 4 rings (SSSR count). The molecular formula is C30H35N5O4. The summed E-state index contributed by atoms with van der Waals surface area (Å²) in [6.45, 7) is 7.60. The van der Waals surface area contributed by atoms with E-state index in [0.717, 1.165) is 11.1 Å². The van der Waals surface area contributed by atoms with Crippen LogP contribution in [0.4, 0.5) is 5.69 Å². The topological polar surface area (TPSA) is 98.6 Å². The largest absolute Gasteiger partial charge is 0.497 e. The summed E-state index contributed by atoms with van der Waals surface area (Å²) < 4.78 is 12.7. The Kier molecular flexibility index (Phi) is 8.18. The van der Waals surface area contributed by atoms with Crippen molar-refractivity contribution in [3.8, 4) is 11.5 Å². The summed E-state index contributed by atoms with van der Waals surface area (Å²) in [6.07, 6.45) is 0.662. The molecule has 39 heavy (non-hydrogen) atoms. The third-order valence-electron chi connectivity index (χ3n) is 6.34. The number of ether oxygens (including phenoxy) is 2. The van der Waals surface area contributed by atoms with E-state index in [9.17, 15) is 9.59 Å². The van der Waals surface area contributed by atoms with E-state index >= 15 is 0 Å². The number of hydrogen-bond donors (Lipinski definition) is 1. The first-order valence-corrected chi connectivity index (χ1v) is 12.9. The number of aryl methyl sites for hydroxylation is 1. The van der Waals surface area contributed by atoms with Gasteiger partial charge >= 0.3 is 0 Å². The van der Waals surface area contributed by atoms with Crippen LogP contribution >= 0.6 is 0 Å². The monoisotopic (exact) mass is 529 g/mol. The molecule has 1 atom stereocenters. The van der Waals surface area contributed by atoms with Gasteiger partial charge in [0.15, 0.2) is 0 Å². The van der Waals surface area contributed by atoms with Crippen LogP contribution in [0.2, 0.25) is 0 Å². The molecule has 1 N–H and O–H groups in total. The summed E-state index contributed by atoms with van der Waals surface area (Å²) >= 11 is 0. The number of anilines is 1. The first kappa shape index (κ1) is 27.6. The van der Waals surface area contributed by atoms with Crippen LogP contribution in [0.25, 0.3) is 11.0 Å². The lowest BCUT2D eigenvalue weighted by Crippen LogP contribution is -2.50. The molecule has 0 aliphatic heterocycles. The quantitative estimate of drug-likeness (QED) is 0.338. The lowest BCUT2D eigenvalue weighted by atomic mass is 9.98. The number of nitrogens with zero attached hydrogens (tertiary/aromatic N) is 4. The predicted octanol–water partition coefficient (Wildman–Crippen LogP) is 4.70. The highest BCUT2D eigenvalue weighted by molar-refractivity contribution is 6.02. The van der Waals surface area contributed by atoms with E-state index in [4.69, 9.17) is 9.47 Å². The average molecular weight is 530 g/mol. The van der Waals surface area contributed by atoms with Crippen molar-refractivity contribution in [2.24, 2.45) is 0 Å². The number of methoxy groups -OCH3 is 2. The summed E-state index contributed by atoms with van der Waals surface area (Å²) in [7, 11) is 3.10. The van der Waals surface area contributed by atoms with Gasteiger partial charge in [-0.25, -0.2) is 4.68 Å². The molecular weight excluding hydrogens is 494 g/mol. The molecule has 0 saturated heterocycles. The molecule has 9 heteroatoms. The summed E-state index contributed by atoms with van der Waals surface area (Å²) in [6, 6.07) is 19.2. The molecule has 0 fully saturated rings. The fourth-order valence-corrected chi connectivity index (χ4v) is 4.59. The van der Waals surface area contributed by atoms with Crippen molar-refractivity contribution in [1.82, 2.24) is 20.3 Å². The van der Waals surface area contributed by atoms with Crippen LogP contribution in [0.3, 0.4) is 0 Å². The maximum Gasteiger partial charge on any atom is 0.249 e. The van der Waals surface area contributed by atoms with Crippen LogP contribution in [0.15, 0.2) is 66.7 Å². The van der Waals surface area contributed by atoms with Crippen molar-refractivity contribution in [2.45, 2.75) is 52.2 Å². The summed E-state index contributed by atoms with van der Waals surface area (Å²) in [5.74, 6) is 0.322. The molecule has 2 amide bonds. The number of carbonyl (C=O) groups is 2. The predicted molar refractivity (Wildman–Crippen MR) is 151 cm³/mol. The zero-order valence-corrected chi connectivity index (χ0v) is 23.3.